The number of carbonyl (C=O) groups is 1. The molecule has 0 amide bonds. The van der Waals surface area contributed by atoms with E-state index in [-0.39, 0.29) is 17.9 Å². The largest absolute Gasteiger partial charge is 0.463 e. The zero-order valence-corrected chi connectivity index (χ0v) is 9.99. The smallest absolute Gasteiger partial charge is 0.308 e. The highest BCUT2D eigenvalue weighted by Crippen LogP contribution is 2.10. The third-order valence-corrected chi connectivity index (χ3v) is 2.23. The summed E-state index contributed by atoms with van der Waals surface area (Å²) < 4.78 is 9.80. The van der Waals surface area contributed by atoms with E-state index in [1.54, 1.807) is 7.11 Å². The number of esters is 1. The van der Waals surface area contributed by atoms with Crippen molar-refractivity contribution in [2.24, 2.45) is 11.7 Å². The Morgan fingerprint density at radius 1 is 1.27 bits per heavy atom. The Morgan fingerprint density at radius 3 is 2.47 bits per heavy atom. The van der Waals surface area contributed by atoms with Crippen molar-refractivity contribution in [2.45, 2.75) is 39.2 Å². The molecule has 0 heterocycles. The number of hydrogen-bond donors (Lipinski definition) is 1. The maximum absolute atomic E-state index is 11.4. The molecular weight excluding hydrogens is 194 g/mol. The molecular formula is C11H23NO3. The lowest BCUT2D eigenvalue weighted by Crippen LogP contribution is -2.19. The molecule has 0 saturated heterocycles. The third kappa shape index (κ3) is 8.39. The Labute approximate surface area is 92.1 Å². The fourth-order valence-corrected chi connectivity index (χ4v) is 1.23. The summed E-state index contributed by atoms with van der Waals surface area (Å²) in [7, 11) is 1.58. The maximum atomic E-state index is 11.4. The van der Waals surface area contributed by atoms with Crippen molar-refractivity contribution < 1.29 is 14.3 Å². The number of methoxy groups -OCH3 is 1. The van der Waals surface area contributed by atoms with Crippen LogP contribution in [0.15, 0.2) is 0 Å². The molecule has 4 nitrogen and oxygen atoms in total. The lowest BCUT2D eigenvalue weighted by atomic mass is 10.0. The van der Waals surface area contributed by atoms with Crippen LogP contribution in [-0.2, 0) is 14.3 Å². The molecule has 2 unspecified atom stereocenters. The van der Waals surface area contributed by atoms with E-state index in [9.17, 15) is 4.79 Å². The Kier molecular flexibility index (Phi) is 8.33. The van der Waals surface area contributed by atoms with Crippen LogP contribution in [0, 0.1) is 5.92 Å². The van der Waals surface area contributed by atoms with Gasteiger partial charge in [-0.15, -0.1) is 0 Å². The summed E-state index contributed by atoms with van der Waals surface area (Å²) >= 11 is 0. The van der Waals surface area contributed by atoms with Crippen LogP contribution in [0.3, 0.4) is 0 Å². The van der Waals surface area contributed by atoms with Gasteiger partial charge < -0.3 is 15.2 Å². The maximum Gasteiger partial charge on any atom is 0.308 e. The van der Waals surface area contributed by atoms with Gasteiger partial charge in [-0.25, -0.2) is 0 Å². The van der Waals surface area contributed by atoms with Crippen LogP contribution in [0.2, 0.25) is 0 Å². The summed E-state index contributed by atoms with van der Waals surface area (Å²) in [6.07, 6.45) is 2.77. The molecule has 0 aromatic rings. The van der Waals surface area contributed by atoms with Gasteiger partial charge in [-0.2, -0.15) is 0 Å². The second-order valence-corrected chi connectivity index (χ2v) is 3.97. The molecule has 0 aliphatic heterocycles. The van der Waals surface area contributed by atoms with Crippen LogP contribution < -0.4 is 5.73 Å². The summed E-state index contributed by atoms with van der Waals surface area (Å²) in [6, 6.07) is 0.210. The molecule has 4 heteroatoms. The first-order valence-electron chi connectivity index (χ1n) is 5.49. The fraction of sp³-hybridized carbons (Fsp3) is 0.909. The van der Waals surface area contributed by atoms with Crippen LogP contribution in [0.1, 0.15) is 33.1 Å². The van der Waals surface area contributed by atoms with Gasteiger partial charge in [0.05, 0.1) is 12.5 Å². The van der Waals surface area contributed by atoms with E-state index in [1.807, 2.05) is 13.8 Å². The second-order valence-electron chi connectivity index (χ2n) is 3.97. The first-order chi connectivity index (χ1) is 7.07. The van der Waals surface area contributed by atoms with Crippen molar-refractivity contribution in [3.05, 3.63) is 0 Å². The van der Waals surface area contributed by atoms with Crippen molar-refractivity contribution >= 4 is 5.97 Å². The van der Waals surface area contributed by atoms with Gasteiger partial charge in [0.25, 0.3) is 0 Å². The number of ether oxygens (including phenoxy) is 2. The first-order valence-corrected chi connectivity index (χ1v) is 5.49. The Bertz CT molecular complexity index is 171. The lowest BCUT2D eigenvalue weighted by Gasteiger charge is -2.11. The van der Waals surface area contributed by atoms with Crippen molar-refractivity contribution in [2.75, 3.05) is 20.3 Å². The predicted molar refractivity (Wildman–Crippen MR) is 59.5 cm³/mol. The molecule has 0 aliphatic carbocycles. The van der Waals surface area contributed by atoms with Gasteiger partial charge in [0.1, 0.15) is 6.61 Å². The number of hydrogen-bond acceptors (Lipinski definition) is 4. The summed E-state index contributed by atoms with van der Waals surface area (Å²) in [6.45, 7) is 4.66. The van der Waals surface area contributed by atoms with Crippen LogP contribution in [-0.4, -0.2) is 32.3 Å². The van der Waals surface area contributed by atoms with Crippen LogP contribution in [0.25, 0.3) is 0 Å². The van der Waals surface area contributed by atoms with Crippen molar-refractivity contribution in [3.8, 4) is 0 Å². The van der Waals surface area contributed by atoms with Gasteiger partial charge in [0, 0.05) is 13.2 Å². The molecule has 0 spiro atoms. The summed E-state index contributed by atoms with van der Waals surface area (Å²) in [4.78, 5) is 11.4. The van der Waals surface area contributed by atoms with E-state index in [2.05, 4.69) is 0 Å². The van der Waals surface area contributed by atoms with E-state index in [0.29, 0.717) is 13.2 Å². The molecule has 0 aliphatic rings. The minimum absolute atomic E-state index is 0.0411. The Hall–Kier alpha value is -0.610. The molecule has 0 fully saturated rings. The Balaban J connectivity index is 3.51. The summed E-state index contributed by atoms with van der Waals surface area (Å²) in [5.41, 5.74) is 5.62. The molecule has 0 rings (SSSR count). The van der Waals surface area contributed by atoms with Gasteiger partial charge >= 0.3 is 5.97 Å². The fourth-order valence-electron chi connectivity index (χ4n) is 1.23. The molecule has 90 valence electrons. The molecule has 0 bridgehead atoms. The van der Waals surface area contributed by atoms with Crippen molar-refractivity contribution in [3.63, 3.8) is 0 Å². The average molecular weight is 217 g/mol. The molecule has 2 atom stereocenters. The van der Waals surface area contributed by atoms with Crippen LogP contribution in [0.4, 0.5) is 0 Å². The molecule has 15 heavy (non-hydrogen) atoms. The van der Waals surface area contributed by atoms with Crippen molar-refractivity contribution in [1.29, 1.82) is 0 Å². The van der Waals surface area contributed by atoms with Crippen LogP contribution in [0.5, 0.6) is 0 Å². The van der Waals surface area contributed by atoms with E-state index < -0.39 is 0 Å². The van der Waals surface area contributed by atoms with Gasteiger partial charge in [-0.3, -0.25) is 4.79 Å². The topological polar surface area (TPSA) is 61.5 Å². The predicted octanol–water partition coefficient (Wildman–Crippen LogP) is 1.33. The van der Waals surface area contributed by atoms with E-state index >= 15 is 0 Å². The monoisotopic (exact) mass is 217 g/mol. The zero-order valence-electron chi connectivity index (χ0n) is 9.99. The standard InChI is InChI=1S/C11H23NO3/c1-9(5-4-6-10(2)12)11(13)15-8-7-14-3/h9-10H,4-8,12H2,1-3H3. The van der Waals surface area contributed by atoms with E-state index in [1.165, 1.54) is 0 Å². The zero-order chi connectivity index (χ0) is 11.7. The highest BCUT2D eigenvalue weighted by atomic mass is 16.6. The SMILES string of the molecule is COCCOC(=O)C(C)CCCC(C)N. The highest BCUT2D eigenvalue weighted by molar-refractivity contribution is 5.71. The van der Waals surface area contributed by atoms with Gasteiger partial charge in [-0.05, 0) is 19.8 Å². The summed E-state index contributed by atoms with van der Waals surface area (Å²) in [5, 5.41) is 0. The highest BCUT2D eigenvalue weighted by Gasteiger charge is 2.13. The average Bonchev–Trinajstić information content (AvgIpc) is 2.17. The molecule has 2 N–H and O–H groups in total. The van der Waals surface area contributed by atoms with Gasteiger partial charge in [-0.1, -0.05) is 13.3 Å². The molecule has 0 radical (unpaired) electrons. The number of carbonyl (C=O) groups excluding carboxylic acids is 1. The first kappa shape index (κ1) is 14.4. The van der Waals surface area contributed by atoms with Crippen LogP contribution >= 0.6 is 0 Å². The van der Waals surface area contributed by atoms with E-state index in [0.717, 1.165) is 19.3 Å². The minimum atomic E-state index is -0.142. The minimum Gasteiger partial charge on any atom is -0.463 e. The normalized spacial score (nSPS) is 14.7. The molecule has 0 aromatic heterocycles. The van der Waals surface area contributed by atoms with Crippen molar-refractivity contribution in [1.82, 2.24) is 0 Å². The quantitative estimate of drug-likeness (QED) is 0.492. The van der Waals surface area contributed by atoms with E-state index in [4.69, 9.17) is 15.2 Å². The number of rotatable bonds is 8. The van der Waals surface area contributed by atoms with Gasteiger partial charge in [0.15, 0.2) is 0 Å². The number of nitrogens with two attached hydrogens (primary N) is 1. The third-order valence-electron chi connectivity index (χ3n) is 2.23. The molecule has 0 aromatic carbocycles. The van der Waals surface area contributed by atoms with Gasteiger partial charge in [0.2, 0.25) is 0 Å². The lowest BCUT2D eigenvalue weighted by molar-refractivity contribution is -0.149. The summed E-state index contributed by atoms with van der Waals surface area (Å²) in [5.74, 6) is -0.183. The second kappa shape index (κ2) is 8.68. The Morgan fingerprint density at radius 2 is 1.93 bits per heavy atom. The molecule has 0 saturated carbocycles.